The molecule has 0 bridgehead atoms. The molecular formula is C34H39N5O6. The van der Waals surface area contributed by atoms with Crippen LogP contribution < -0.4 is 21.7 Å². The van der Waals surface area contributed by atoms with Crippen LogP contribution in [0.2, 0.25) is 0 Å². The number of aliphatic carboxylic acids is 1. The minimum atomic E-state index is -1.20. The SMILES string of the molecule is CC(C)C(NC(=O)C(Cc1ccc(O)cc1)NC(=O)C(Cc1c[nH]c2ccccc12)NC(=O)C(N)Cc1ccccc1)C(=O)O. The van der Waals surface area contributed by atoms with E-state index < -0.39 is 53.8 Å². The molecule has 0 aliphatic heterocycles. The summed E-state index contributed by atoms with van der Waals surface area (Å²) in [4.78, 5) is 55.7. The number of nitrogens with one attached hydrogen (secondary N) is 4. The summed E-state index contributed by atoms with van der Waals surface area (Å²) in [6.45, 7) is 3.33. The van der Waals surface area contributed by atoms with E-state index in [1.54, 1.807) is 32.2 Å². The fourth-order valence-electron chi connectivity index (χ4n) is 5.09. The van der Waals surface area contributed by atoms with E-state index in [4.69, 9.17) is 5.73 Å². The standard InChI is InChI=1S/C34H39N5O6/c1-20(2)30(34(44)45)39-33(43)28(17-22-12-14-24(40)15-13-22)38-32(42)29(18-23-19-36-27-11-7-6-10-25(23)27)37-31(41)26(35)16-21-8-4-3-5-9-21/h3-15,19-20,26,28-30,36,40H,16-18,35H2,1-2H3,(H,37,41)(H,38,42)(H,39,43)(H,44,45). The highest BCUT2D eigenvalue weighted by atomic mass is 16.4. The van der Waals surface area contributed by atoms with Crippen molar-refractivity contribution in [2.24, 2.45) is 11.7 Å². The lowest BCUT2D eigenvalue weighted by Crippen LogP contribution is -2.58. The Bertz CT molecular complexity index is 1620. The average molecular weight is 614 g/mol. The number of carboxylic acids is 1. The first-order chi connectivity index (χ1) is 21.5. The van der Waals surface area contributed by atoms with Crippen LogP contribution in [0.3, 0.4) is 0 Å². The number of phenols is 1. The van der Waals surface area contributed by atoms with Crippen molar-refractivity contribution in [1.82, 2.24) is 20.9 Å². The Morgan fingerprint density at radius 2 is 1.31 bits per heavy atom. The monoisotopic (exact) mass is 613 g/mol. The first-order valence-electron chi connectivity index (χ1n) is 14.8. The molecular weight excluding hydrogens is 574 g/mol. The van der Waals surface area contributed by atoms with Crippen LogP contribution in [-0.4, -0.2) is 63.1 Å². The van der Waals surface area contributed by atoms with E-state index in [9.17, 15) is 29.4 Å². The van der Waals surface area contributed by atoms with E-state index >= 15 is 0 Å². The highest BCUT2D eigenvalue weighted by molar-refractivity contribution is 5.95. The third-order valence-electron chi connectivity index (χ3n) is 7.61. The fraction of sp³-hybridized carbons (Fsp3) is 0.294. The van der Waals surface area contributed by atoms with Gasteiger partial charge in [-0.1, -0.05) is 74.5 Å². The molecule has 45 heavy (non-hydrogen) atoms. The van der Waals surface area contributed by atoms with E-state index in [-0.39, 0.29) is 25.0 Å². The molecule has 0 saturated heterocycles. The molecule has 11 heteroatoms. The fourth-order valence-corrected chi connectivity index (χ4v) is 5.09. The van der Waals surface area contributed by atoms with Gasteiger partial charge in [0, 0.05) is 29.9 Å². The summed E-state index contributed by atoms with van der Waals surface area (Å²) in [6.07, 6.45) is 2.12. The molecule has 3 aromatic carbocycles. The molecule has 11 nitrogen and oxygen atoms in total. The topological polar surface area (TPSA) is 187 Å². The average Bonchev–Trinajstić information content (AvgIpc) is 3.42. The van der Waals surface area contributed by atoms with Gasteiger partial charge in [0.15, 0.2) is 0 Å². The number of amides is 3. The number of fused-ring (bicyclic) bond motifs is 1. The maximum absolute atomic E-state index is 13.9. The maximum atomic E-state index is 13.9. The van der Waals surface area contributed by atoms with Crippen LogP contribution in [0.1, 0.15) is 30.5 Å². The van der Waals surface area contributed by atoms with Crippen molar-refractivity contribution < 1.29 is 29.4 Å². The predicted molar refractivity (Wildman–Crippen MR) is 170 cm³/mol. The van der Waals surface area contributed by atoms with Crippen LogP contribution in [0.15, 0.2) is 85.1 Å². The molecule has 0 spiro atoms. The van der Waals surface area contributed by atoms with Crippen LogP contribution in [-0.2, 0) is 38.4 Å². The normalized spacial score (nSPS) is 13.9. The zero-order valence-electron chi connectivity index (χ0n) is 25.2. The number of hydrogen-bond acceptors (Lipinski definition) is 6. The molecule has 0 aliphatic rings. The van der Waals surface area contributed by atoms with Gasteiger partial charge in [0.1, 0.15) is 23.9 Å². The van der Waals surface area contributed by atoms with Gasteiger partial charge in [0.25, 0.3) is 0 Å². The smallest absolute Gasteiger partial charge is 0.326 e. The van der Waals surface area contributed by atoms with Gasteiger partial charge in [-0.3, -0.25) is 14.4 Å². The Balaban J connectivity index is 1.60. The van der Waals surface area contributed by atoms with Crippen molar-refractivity contribution in [3.8, 4) is 5.75 Å². The second-order valence-corrected chi connectivity index (χ2v) is 11.4. The molecule has 8 N–H and O–H groups in total. The first-order valence-corrected chi connectivity index (χ1v) is 14.8. The highest BCUT2D eigenvalue weighted by Gasteiger charge is 2.32. The summed E-state index contributed by atoms with van der Waals surface area (Å²) in [6, 6.07) is 18.5. The first kappa shape index (κ1) is 32.7. The predicted octanol–water partition coefficient (Wildman–Crippen LogP) is 2.42. The lowest BCUT2D eigenvalue weighted by Gasteiger charge is -2.26. The number of aromatic nitrogens is 1. The number of carbonyl (C=O) groups is 4. The van der Waals surface area contributed by atoms with Crippen LogP contribution in [0.25, 0.3) is 10.9 Å². The number of rotatable bonds is 14. The number of hydrogen-bond donors (Lipinski definition) is 7. The Hall–Kier alpha value is -5.16. The molecule has 236 valence electrons. The highest BCUT2D eigenvalue weighted by Crippen LogP contribution is 2.20. The zero-order valence-corrected chi connectivity index (χ0v) is 25.2. The molecule has 1 aromatic heterocycles. The number of aromatic amines is 1. The molecule has 0 fully saturated rings. The molecule has 4 rings (SSSR count). The molecule has 4 aromatic rings. The number of H-pyrrole nitrogens is 1. The number of carbonyl (C=O) groups excluding carboxylic acids is 3. The summed E-state index contributed by atoms with van der Waals surface area (Å²) in [5, 5.41) is 28.3. The number of carboxylic acid groups (broad SMARTS) is 1. The van der Waals surface area contributed by atoms with Gasteiger partial charge in [-0.2, -0.15) is 0 Å². The quantitative estimate of drug-likeness (QED) is 0.114. The molecule has 0 aliphatic carbocycles. The Labute approximate surface area is 261 Å². The van der Waals surface area contributed by atoms with Crippen LogP contribution in [0, 0.1) is 5.92 Å². The van der Waals surface area contributed by atoms with Crippen molar-refractivity contribution in [2.45, 2.75) is 57.3 Å². The van der Waals surface area contributed by atoms with Gasteiger partial charge in [-0.25, -0.2) is 4.79 Å². The number of phenolic OH excluding ortho intramolecular Hbond substituents is 1. The summed E-state index contributed by atoms with van der Waals surface area (Å²) >= 11 is 0. The largest absolute Gasteiger partial charge is 0.508 e. The van der Waals surface area contributed by atoms with Gasteiger partial charge in [0.2, 0.25) is 17.7 Å². The second-order valence-electron chi connectivity index (χ2n) is 11.4. The molecule has 4 atom stereocenters. The van der Waals surface area contributed by atoms with Gasteiger partial charge in [0.05, 0.1) is 6.04 Å². The molecule has 3 amide bonds. The molecule has 0 saturated carbocycles. The summed E-state index contributed by atoms with van der Waals surface area (Å²) in [5.74, 6) is -3.47. The minimum Gasteiger partial charge on any atom is -0.508 e. The van der Waals surface area contributed by atoms with Crippen LogP contribution in [0.5, 0.6) is 5.75 Å². The number of nitrogens with two attached hydrogens (primary N) is 1. The van der Waals surface area contributed by atoms with E-state index in [1.165, 1.54) is 12.1 Å². The van der Waals surface area contributed by atoms with Gasteiger partial charge in [-0.05, 0) is 47.2 Å². The van der Waals surface area contributed by atoms with Crippen LogP contribution in [0.4, 0.5) is 0 Å². The maximum Gasteiger partial charge on any atom is 0.326 e. The van der Waals surface area contributed by atoms with Gasteiger partial charge >= 0.3 is 5.97 Å². The van der Waals surface area contributed by atoms with Crippen molar-refractivity contribution in [2.75, 3.05) is 0 Å². The van der Waals surface area contributed by atoms with Gasteiger partial charge in [-0.15, -0.1) is 0 Å². The van der Waals surface area contributed by atoms with E-state index in [1.807, 2.05) is 54.6 Å². The van der Waals surface area contributed by atoms with Crippen molar-refractivity contribution in [3.63, 3.8) is 0 Å². The van der Waals surface area contributed by atoms with E-state index in [0.29, 0.717) is 5.56 Å². The van der Waals surface area contributed by atoms with E-state index in [0.717, 1.165) is 22.0 Å². The number of aromatic hydroxyl groups is 1. The molecule has 0 radical (unpaired) electrons. The lowest BCUT2D eigenvalue weighted by atomic mass is 10.00. The number of para-hydroxylation sites is 1. The lowest BCUT2D eigenvalue weighted by molar-refractivity contribution is -0.143. The van der Waals surface area contributed by atoms with E-state index in [2.05, 4.69) is 20.9 Å². The van der Waals surface area contributed by atoms with Crippen molar-refractivity contribution in [1.29, 1.82) is 0 Å². The third kappa shape index (κ3) is 8.93. The van der Waals surface area contributed by atoms with Gasteiger partial charge < -0.3 is 36.9 Å². The Morgan fingerprint density at radius 1 is 0.733 bits per heavy atom. The summed E-state index contributed by atoms with van der Waals surface area (Å²) in [7, 11) is 0. The second kappa shape index (κ2) is 15.0. The van der Waals surface area contributed by atoms with Crippen molar-refractivity contribution in [3.05, 3.63) is 102 Å². The molecule has 1 heterocycles. The minimum absolute atomic E-state index is 0.00353. The summed E-state index contributed by atoms with van der Waals surface area (Å²) < 4.78 is 0. The van der Waals surface area contributed by atoms with Crippen LogP contribution >= 0.6 is 0 Å². The zero-order chi connectivity index (χ0) is 32.5. The molecule has 4 unspecified atom stereocenters. The third-order valence-corrected chi connectivity index (χ3v) is 7.61. The Kier molecular flexibility index (Phi) is 10.9. The Morgan fingerprint density at radius 3 is 1.98 bits per heavy atom. The van der Waals surface area contributed by atoms with Crippen molar-refractivity contribution >= 4 is 34.6 Å². The number of benzene rings is 3. The summed E-state index contributed by atoms with van der Waals surface area (Å²) in [5.41, 5.74) is 9.36.